The summed E-state index contributed by atoms with van der Waals surface area (Å²) < 4.78 is 46.9. The summed E-state index contributed by atoms with van der Waals surface area (Å²) in [6, 6.07) is 9.07. The van der Waals surface area contributed by atoms with Crippen LogP contribution in [0.3, 0.4) is 0 Å². The largest absolute Gasteiger partial charge is 0.497 e. The average Bonchev–Trinajstić information content (AvgIpc) is 2.85. The maximum Gasteiger partial charge on any atom is 0.145 e. The smallest absolute Gasteiger partial charge is 0.145 e. The molecule has 2 aromatic carbocycles. The van der Waals surface area contributed by atoms with Crippen molar-refractivity contribution in [3.8, 4) is 5.75 Å². The van der Waals surface area contributed by atoms with Crippen molar-refractivity contribution in [1.29, 1.82) is 0 Å². The topological polar surface area (TPSA) is 60.2 Å². The third-order valence-corrected chi connectivity index (χ3v) is 6.73. The number of nitrogens with zero attached hydrogens (tertiary/aromatic N) is 1. The van der Waals surface area contributed by atoms with Gasteiger partial charge in [-0.05, 0) is 74.4 Å². The first kappa shape index (κ1) is 24.2. The van der Waals surface area contributed by atoms with Gasteiger partial charge in [0.2, 0.25) is 0 Å². The number of fused-ring (bicyclic) bond motifs is 1. The summed E-state index contributed by atoms with van der Waals surface area (Å²) in [6.07, 6.45) is 8.95. The molecule has 1 aliphatic rings. The number of benzene rings is 2. The molecule has 0 aliphatic heterocycles. The Bertz CT molecular complexity index is 1160. The molecule has 1 aliphatic carbocycles. The fourth-order valence-corrected chi connectivity index (χ4v) is 4.75. The first-order valence-electron chi connectivity index (χ1n) is 11.7. The van der Waals surface area contributed by atoms with Crippen molar-refractivity contribution < 1.29 is 17.9 Å². The van der Waals surface area contributed by atoms with Crippen LogP contribution in [0.4, 0.5) is 13.2 Å². The van der Waals surface area contributed by atoms with Gasteiger partial charge in [-0.25, -0.2) is 13.2 Å². The molecule has 3 N–H and O–H groups in total. The van der Waals surface area contributed by atoms with Gasteiger partial charge in [0.25, 0.3) is 0 Å². The van der Waals surface area contributed by atoms with Crippen molar-refractivity contribution in [3.63, 3.8) is 0 Å². The number of nitrogens with one attached hydrogen (secondary N) is 1. The molecule has 1 saturated carbocycles. The highest BCUT2D eigenvalue weighted by Crippen LogP contribution is 2.30. The van der Waals surface area contributed by atoms with Gasteiger partial charge >= 0.3 is 0 Å². The van der Waals surface area contributed by atoms with Gasteiger partial charge in [0, 0.05) is 35.1 Å². The molecular weight excluding hydrogens is 439 g/mol. The Morgan fingerprint density at radius 1 is 1.09 bits per heavy atom. The van der Waals surface area contributed by atoms with E-state index in [-0.39, 0.29) is 17.4 Å². The molecule has 34 heavy (non-hydrogen) atoms. The molecule has 1 unspecified atom stereocenters. The van der Waals surface area contributed by atoms with Gasteiger partial charge < -0.3 is 15.8 Å². The van der Waals surface area contributed by atoms with Crippen molar-refractivity contribution in [2.75, 3.05) is 13.7 Å². The Morgan fingerprint density at radius 2 is 1.88 bits per heavy atom. The van der Waals surface area contributed by atoms with Crippen molar-refractivity contribution in [2.45, 2.75) is 44.2 Å². The predicted molar refractivity (Wildman–Crippen MR) is 129 cm³/mol. The van der Waals surface area contributed by atoms with E-state index in [0.717, 1.165) is 48.7 Å². The third-order valence-electron chi connectivity index (χ3n) is 6.73. The van der Waals surface area contributed by atoms with Crippen LogP contribution < -0.4 is 15.8 Å². The average molecular weight is 470 g/mol. The molecule has 0 saturated heterocycles. The zero-order chi connectivity index (χ0) is 24.1. The van der Waals surface area contributed by atoms with Crippen LogP contribution >= 0.6 is 0 Å². The molecule has 4 nitrogen and oxygen atoms in total. The van der Waals surface area contributed by atoms with Gasteiger partial charge in [-0.1, -0.05) is 12.2 Å². The summed E-state index contributed by atoms with van der Waals surface area (Å²) in [5, 5.41) is 4.20. The van der Waals surface area contributed by atoms with E-state index in [2.05, 4.69) is 10.3 Å². The highest BCUT2D eigenvalue weighted by atomic mass is 19.1. The number of halogens is 3. The minimum atomic E-state index is -0.456. The van der Waals surface area contributed by atoms with Crippen LogP contribution in [0.1, 0.15) is 36.8 Å². The van der Waals surface area contributed by atoms with Crippen molar-refractivity contribution >= 4 is 17.0 Å². The van der Waals surface area contributed by atoms with Crippen LogP contribution in [-0.2, 0) is 6.42 Å². The fourth-order valence-electron chi connectivity index (χ4n) is 4.75. The van der Waals surface area contributed by atoms with Gasteiger partial charge in [0.1, 0.15) is 23.2 Å². The summed E-state index contributed by atoms with van der Waals surface area (Å²) >= 11 is 0. The molecular formula is C27H30F3N3O. The molecule has 1 fully saturated rings. The molecule has 1 aromatic heterocycles. The number of hydrogen-bond acceptors (Lipinski definition) is 4. The molecule has 1 heterocycles. The maximum absolute atomic E-state index is 14.7. The number of pyridine rings is 1. The Hall–Kier alpha value is -2.90. The number of methoxy groups -OCH3 is 1. The molecule has 7 heteroatoms. The summed E-state index contributed by atoms with van der Waals surface area (Å²) in [5.74, 6) is -0.266. The lowest BCUT2D eigenvalue weighted by atomic mass is 9.79. The SMILES string of the molecule is COc1ccc2ncc(F)c(CC(N)[C@H]3CC[C@@H](NC/C=C/c4cc(F)ccc4F)CC3)c2c1. The van der Waals surface area contributed by atoms with Crippen LogP contribution in [0.25, 0.3) is 17.0 Å². The van der Waals surface area contributed by atoms with Crippen LogP contribution in [0, 0.1) is 23.4 Å². The van der Waals surface area contributed by atoms with E-state index < -0.39 is 11.6 Å². The van der Waals surface area contributed by atoms with E-state index in [4.69, 9.17) is 10.5 Å². The minimum Gasteiger partial charge on any atom is -0.497 e. The lowest BCUT2D eigenvalue weighted by Crippen LogP contribution is -2.40. The molecule has 1 atom stereocenters. The summed E-state index contributed by atoms with van der Waals surface area (Å²) in [4.78, 5) is 4.19. The Balaban J connectivity index is 1.30. The highest BCUT2D eigenvalue weighted by Gasteiger charge is 2.26. The van der Waals surface area contributed by atoms with Gasteiger partial charge in [0.05, 0.1) is 18.8 Å². The van der Waals surface area contributed by atoms with E-state index in [1.165, 1.54) is 12.3 Å². The Labute approximate surface area is 198 Å². The summed E-state index contributed by atoms with van der Waals surface area (Å²) in [5.41, 5.74) is 8.11. The molecule has 180 valence electrons. The van der Waals surface area contributed by atoms with Gasteiger partial charge in [-0.3, -0.25) is 4.98 Å². The third kappa shape index (κ3) is 5.77. The van der Waals surface area contributed by atoms with Crippen LogP contribution in [-0.4, -0.2) is 30.7 Å². The normalized spacial score (nSPS) is 19.6. The van der Waals surface area contributed by atoms with Crippen molar-refractivity contribution in [1.82, 2.24) is 10.3 Å². The van der Waals surface area contributed by atoms with E-state index in [1.54, 1.807) is 19.3 Å². The first-order valence-corrected chi connectivity index (χ1v) is 11.7. The zero-order valence-corrected chi connectivity index (χ0v) is 19.2. The Morgan fingerprint density at radius 3 is 2.65 bits per heavy atom. The number of ether oxygens (including phenoxy) is 1. The second-order valence-electron chi connectivity index (χ2n) is 8.92. The molecule has 3 aromatic rings. The minimum absolute atomic E-state index is 0.150. The summed E-state index contributed by atoms with van der Waals surface area (Å²) in [7, 11) is 1.58. The van der Waals surface area contributed by atoms with Gasteiger partial charge in [0.15, 0.2) is 0 Å². The number of rotatable bonds is 8. The van der Waals surface area contributed by atoms with E-state index in [9.17, 15) is 13.2 Å². The monoisotopic (exact) mass is 469 g/mol. The van der Waals surface area contributed by atoms with Crippen LogP contribution in [0.5, 0.6) is 5.75 Å². The summed E-state index contributed by atoms with van der Waals surface area (Å²) in [6.45, 7) is 0.577. The molecule has 0 amide bonds. The van der Waals surface area contributed by atoms with E-state index in [1.807, 2.05) is 18.2 Å². The standard InChI is InChI=1S/C27H30F3N3O/c1-34-21-9-11-27-23(14-21)22(25(30)16-33-27)15-26(31)17-4-7-20(8-5-17)32-12-2-3-18-13-19(28)6-10-24(18)29/h2-3,6,9-11,13-14,16-17,20,26,32H,4-5,7-8,12,15,31H2,1H3/b3-2+/t17-,20+,26?. The number of hydrogen-bond donors (Lipinski definition) is 2. The second-order valence-corrected chi connectivity index (χ2v) is 8.92. The van der Waals surface area contributed by atoms with Crippen LogP contribution in [0.2, 0.25) is 0 Å². The molecule has 4 rings (SSSR count). The quantitative estimate of drug-likeness (QED) is 0.464. The second kappa shape index (κ2) is 11.0. The van der Waals surface area contributed by atoms with Crippen molar-refractivity contribution in [3.05, 3.63) is 77.2 Å². The van der Waals surface area contributed by atoms with Crippen molar-refractivity contribution in [2.24, 2.45) is 11.7 Å². The zero-order valence-electron chi connectivity index (χ0n) is 19.2. The Kier molecular flexibility index (Phi) is 7.85. The maximum atomic E-state index is 14.7. The molecule has 0 spiro atoms. The lowest BCUT2D eigenvalue weighted by Gasteiger charge is -2.32. The number of nitrogens with two attached hydrogens (primary N) is 1. The van der Waals surface area contributed by atoms with Gasteiger partial charge in [-0.2, -0.15) is 0 Å². The number of aromatic nitrogens is 1. The van der Waals surface area contributed by atoms with Gasteiger partial charge in [-0.15, -0.1) is 0 Å². The first-order chi connectivity index (χ1) is 16.4. The predicted octanol–water partition coefficient (Wildman–Crippen LogP) is 5.39. The van der Waals surface area contributed by atoms with Crippen LogP contribution in [0.15, 0.2) is 48.7 Å². The fraction of sp³-hybridized carbons (Fsp3) is 0.370. The highest BCUT2D eigenvalue weighted by molar-refractivity contribution is 5.83. The van der Waals surface area contributed by atoms with E-state index in [0.29, 0.717) is 36.2 Å². The molecule has 0 bridgehead atoms. The molecule has 0 radical (unpaired) electrons. The van der Waals surface area contributed by atoms with E-state index >= 15 is 0 Å². The lowest BCUT2D eigenvalue weighted by molar-refractivity contribution is 0.260.